The van der Waals surface area contributed by atoms with Crippen LogP contribution in [0.1, 0.15) is 12.5 Å². The van der Waals surface area contributed by atoms with E-state index in [1.165, 1.54) is 0 Å². The number of rotatable bonds is 9. The third-order valence-corrected chi connectivity index (χ3v) is 4.18. The van der Waals surface area contributed by atoms with E-state index in [4.69, 9.17) is 23.7 Å². The van der Waals surface area contributed by atoms with Crippen molar-refractivity contribution in [3.8, 4) is 28.7 Å². The van der Waals surface area contributed by atoms with E-state index in [9.17, 15) is 0 Å². The number of nitrogens with zero attached hydrogens (tertiary/aromatic N) is 1. The molecular formula is C21H29N3O5. The topological polar surface area (TPSA) is 82.6 Å². The molecule has 2 rings (SSSR count). The summed E-state index contributed by atoms with van der Waals surface area (Å²) in [6.07, 6.45) is 0. The van der Waals surface area contributed by atoms with Crippen LogP contribution in [0.4, 0.5) is 5.69 Å². The summed E-state index contributed by atoms with van der Waals surface area (Å²) < 4.78 is 27.1. The number of guanidine groups is 1. The zero-order chi connectivity index (χ0) is 21.2. The summed E-state index contributed by atoms with van der Waals surface area (Å²) in [6, 6.07) is 9.28. The van der Waals surface area contributed by atoms with Gasteiger partial charge in [0.05, 0.1) is 35.0 Å². The van der Waals surface area contributed by atoms with Gasteiger partial charge in [-0.3, -0.25) is 4.99 Å². The van der Waals surface area contributed by atoms with Gasteiger partial charge in [-0.05, 0) is 25.1 Å². The van der Waals surface area contributed by atoms with Crippen LogP contribution in [-0.4, -0.2) is 48.1 Å². The van der Waals surface area contributed by atoms with Crippen molar-refractivity contribution >= 4 is 11.6 Å². The van der Waals surface area contributed by atoms with Crippen LogP contribution >= 0.6 is 0 Å². The van der Waals surface area contributed by atoms with Gasteiger partial charge in [0, 0.05) is 37.0 Å². The van der Waals surface area contributed by atoms with Gasteiger partial charge in [-0.1, -0.05) is 0 Å². The fourth-order valence-corrected chi connectivity index (χ4v) is 2.75. The molecule has 8 heteroatoms. The third-order valence-electron chi connectivity index (χ3n) is 4.18. The molecule has 0 aliphatic carbocycles. The minimum Gasteiger partial charge on any atom is -0.496 e. The van der Waals surface area contributed by atoms with E-state index in [0.717, 1.165) is 11.3 Å². The summed E-state index contributed by atoms with van der Waals surface area (Å²) in [4.78, 5) is 4.27. The molecule has 0 aliphatic heterocycles. The molecule has 0 aliphatic rings. The van der Waals surface area contributed by atoms with Crippen molar-refractivity contribution in [3.63, 3.8) is 0 Å². The molecule has 0 saturated heterocycles. The first-order valence-corrected chi connectivity index (χ1v) is 9.17. The zero-order valence-electron chi connectivity index (χ0n) is 17.8. The van der Waals surface area contributed by atoms with E-state index in [2.05, 4.69) is 15.6 Å². The first-order chi connectivity index (χ1) is 14.1. The van der Waals surface area contributed by atoms with E-state index >= 15 is 0 Å². The second-order valence-corrected chi connectivity index (χ2v) is 5.87. The van der Waals surface area contributed by atoms with Gasteiger partial charge in [0.25, 0.3) is 0 Å². The van der Waals surface area contributed by atoms with Crippen LogP contribution in [-0.2, 0) is 6.54 Å². The van der Waals surface area contributed by atoms with Gasteiger partial charge in [0.15, 0.2) is 29.0 Å². The number of benzene rings is 2. The van der Waals surface area contributed by atoms with Crippen molar-refractivity contribution in [1.29, 1.82) is 0 Å². The molecule has 158 valence electrons. The Morgan fingerprint density at radius 2 is 1.45 bits per heavy atom. The molecule has 0 unspecified atom stereocenters. The van der Waals surface area contributed by atoms with Crippen molar-refractivity contribution in [2.24, 2.45) is 4.99 Å². The number of methoxy groups -OCH3 is 4. The zero-order valence-corrected chi connectivity index (χ0v) is 17.8. The molecule has 29 heavy (non-hydrogen) atoms. The normalized spacial score (nSPS) is 10.9. The lowest BCUT2D eigenvalue weighted by Gasteiger charge is -2.17. The molecule has 2 N–H and O–H groups in total. The first kappa shape index (κ1) is 22.0. The van der Waals surface area contributed by atoms with Gasteiger partial charge in [-0.15, -0.1) is 0 Å². The molecule has 0 bridgehead atoms. The molecule has 8 nitrogen and oxygen atoms in total. The van der Waals surface area contributed by atoms with E-state index in [0.29, 0.717) is 47.9 Å². The predicted molar refractivity (Wildman–Crippen MR) is 114 cm³/mol. The van der Waals surface area contributed by atoms with Crippen molar-refractivity contribution in [1.82, 2.24) is 5.32 Å². The van der Waals surface area contributed by atoms with Gasteiger partial charge in [0.2, 0.25) is 0 Å². The van der Waals surface area contributed by atoms with Crippen LogP contribution in [0.2, 0.25) is 0 Å². The molecule has 0 aromatic heterocycles. The standard InChI is InChI=1S/C21H29N3O5/c1-7-29-16-9-8-15(11-19(16)27-5)24-21(22-2)23-13-14-10-18(26-4)20(28-6)12-17(14)25-3/h8-12H,7,13H2,1-6H3,(H2,22,23,24). The van der Waals surface area contributed by atoms with Crippen LogP contribution in [0.25, 0.3) is 0 Å². The van der Waals surface area contributed by atoms with Gasteiger partial charge in [0.1, 0.15) is 5.75 Å². The minimum atomic E-state index is 0.470. The Kier molecular flexibility index (Phi) is 8.27. The molecule has 2 aromatic carbocycles. The number of aliphatic imine (C=N–C) groups is 1. The Hall–Kier alpha value is -3.29. The molecular weight excluding hydrogens is 374 g/mol. The lowest BCUT2D eigenvalue weighted by molar-refractivity contribution is 0.311. The van der Waals surface area contributed by atoms with Crippen molar-refractivity contribution in [3.05, 3.63) is 35.9 Å². The number of anilines is 1. The fraction of sp³-hybridized carbons (Fsp3) is 0.381. The summed E-state index contributed by atoms with van der Waals surface area (Å²) in [5.74, 6) is 3.86. The van der Waals surface area contributed by atoms with Crippen LogP contribution < -0.4 is 34.3 Å². The van der Waals surface area contributed by atoms with Gasteiger partial charge < -0.3 is 34.3 Å². The summed E-state index contributed by atoms with van der Waals surface area (Å²) in [7, 11) is 8.11. The maximum atomic E-state index is 5.55. The first-order valence-electron chi connectivity index (χ1n) is 9.17. The third kappa shape index (κ3) is 5.60. The van der Waals surface area contributed by atoms with Gasteiger partial charge >= 0.3 is 0 Å². The highest BCUT2D eigenvalue weighted by Crippen LogP contribution is 2.34. The second kappa shape index (κ2) is 10.9. The van der Waals surface area contributed by atoms with E-state index in [-0.39, 0.29) is 0 Å². The largest absolute Gasteiger partial charge is 0.496 e. The monoisotopic (exact) mass is 403 g/mol. The fourth-order valence-electron chi connectivity index (χ4n) is 2.75. The Morgan fingerprint density at radius 3 is 2.03 bits per heavy atom. The predicted octanol–water partition coefficient (Wildman–Crippen LogP) is 3.31. The molecule has 0 amide bonds. The lowest BCUT2D eigenvalue weighted by atomic mass is 10.1. The average molecular weight is 403 g/mol. The Labute approximate surface area is 171 Å². The number of nitrogens with one attached hydrogen (secondary N) is 2. The molecule has 0 atom stereocenters. The highest BCUT2D eigenvalue weighted by Gasteiger charge is 2.13. The summed E-state index contributed by atoms with van der Waals surface area (Å²) in [5, 5.41) is 6.50. The number of ether oxygens (including phenoxy) is 5. The summed E-state index contributed by atoms with van der Waals surface area (Å²) in [5.41, 5.74) is 1.72. The number of hydrogen-bond acceptors (Lipinski definition) is 6. The average Bonchev–Trinajstić information content (AvgIpc) is 2.76. The smallest absolute Gasteiger partial charge is 0.195 e. The van der Waals surface area contributed by atoms with Crippen LogP contribution in [0.15, 0.2) is 35.3 Å². The Balaban J connectivity index is 2.13. The van der Waals surface area contributed by atoms with Crippen LogP contribution in [0.3, 0.4) is 0 Å². The van der Waals surface area contributed by atoms with Gasteiger partial charge in [-0.2, -0.15) is 0 Å². The van der Waals surface area contributed by atoms with E-state index in [1.807, 2.05) is 31.2 Å². The quantitative estimate of drug-likeness (QED) is 0.491. The van der Waals surface area contributed by atoms with Crippen LogP contribution in [0.5, 0.6) is 28.7 Å². The molecule has 0 heterocycles. The maximum absolute atomic E-state index is 5.55. The van der Waals surface area contributed by atoms with Gasteiger partial charge in [-0.25, -0.2) is 0 Å². The molecule has 0 saturated carbocycles. The summed E-state index contributed by atoms with van der Waals surface area (Å²) in [6.45, 7) is 2.97. The minimum absolute atomic E-state index is 0.470. The van der Waals surface area contributed by atoms with E-state index < -0.39 is 0 Å². The highest BCUT2D eigenvalue weighted by molar-refractivity contribution is 5.93. The molecule has 0 spiro atoms. The summed E-state index contributed by atoms with van der Waals surface area (Å²) >= 11 is 0. The molecule has 0 fully saturated rings. The lowest BCUT2D eigenvalue weighted by Crippen LogP contribution is -2.30. The van der Waals surface area contributed by atoms with Crippen molar-refractivity contribution < 1.29 is 23.7 Å². The molecule has 2 aromatic rings. The maximum Gasteiger partial charge on any atom is 0.195 e. The Morgan fingerprint density at radius 1 is 0.828 bits per heavy atom. The SMILES string of the molecule is CCOc1ccc(NC(=NC)NCc2cc(OC)c(OC)cc2OC)cc1OC. The van der Waals surface area contributed by atoms with Crippen LogP contribution in [0, 0.1) is 0 Å². The highest BCUT2D eigenvalue weighted by atomic mass is 16.5. The van der Waals surface area contributed by atoms with Crippen molar-refractivity contribution in [2.45, 2.75) is 13.5 Å². The number of hydrogen-bond donors (Lipinski definition) is 2. The second-order valence-electron chi connectivity index (χ2n) is 5.87. The molecule has 0 radical (unpaired) electrons. The Bertz CT molecular complexity index is 839. The van der Waals surface area contributed by atoms with Crippen molar-refractivity contribution in [2.75, 3.05) is 47.4 Å². The van der Waals surface area contributed by atoms with E-state index in [1.54, 1.807) is 41.6 Å².